The van der Waals surface area contributed by atoms with Gasteiger partial charge in [-0.2, -0.15) is 5.26 Å². The Labute approximate surface area is 218 Å². The van der Waals surface area contributed by atoms with Crippen LogP contribution in [0.15, 0.2) is 70.7 Å². The van der Waals surface area contributed by atoms with Gasteiger partial charge in [-0.1, -0.05) is 42.0 Å². The molecular formula is C28H25BrN2O5. The number of hydrogen-bond acceptors (Lipinski definition) is 6. The van der Waals surface area contributed by atoms with E-state index in [2.05, 4.69) is 21.2 Å². The molecule has 3 aromatic rings. The lowest BCUT2D eigenvalue weighted by Crippen LogP contribution is -2.16. The van der Waals surface area contributed by atoms with E-state index in [0.717, 1.165) is 11.1 Å². The predicted octanol–water partition coefficient (Wildman–Crippen LogP) is 6.07. The summed E-state index contributed by atoms with van der Waals surface area (Å²) in [5, 5.41) is 12.3. The smallest absolute Gasteiger partial charge is 0.339 e. The number of carbonyl (C=O) groups excluding carboxylic acids is 2. The normalized spacial score (nSPS) is 10.8. The van der Waals surface area contributed by atoms with Crippen molar-refractivity contribution in [3.8, 4) is 17.6 Å². The maximum Gasteiger partial charge on any atom is 0.339 e. The van der Waals surface area contributed by atoms with Crippen LogP contribution in [0.25, 0.3) is 6.08 Å². The van der Waals surface area contributed by atoms with Crippen LogP contribution in [0.2, 0.25) is 0 Å². The molecule has 0 radical (unpaired) electrons. The fourth-order valence-electron chi connectivity index (χ4n) is 3.42. The number of rotatable bonds is 9. The fourth-order valence-corrected chi connectivity index (χ4v) is 3.99. The third-order valence-electron chi connectivity index (χ3n) is 5.05. The Morgan fingerprint density at radius 3 is 2.56 bits per heavy atom. The summed E-state index contributed by atoms with van der Waals surface area (Å²) < 4.78 is 17.2. The number of nitrogens with zero attached hydrogens (tertiary/aromatic N) is 1. The second-order valence-electron chi connectivity index (χ2n) is 7.70. The van der Waals surface area contributed by atoms with Crippen molar-refractivity contribution in [2.45, 2.75) is 20.5 Å². The van der Waals surface area contributed by atoms with Crippen molar-refractivity contribution in [2.24, 2.45) is 0 Å². The van der Waals surface area contributed by atoms with Crippen molar-refractivity contribution in [1.82, 2.24) is 0 Å². The zero-order chi connectivity index (χ0) is 26.1. The zero-order valence-corrected chi connectivity index (χ0v) is 21.7. The molecule has 0 aromatic heterocycles. The maximum atomic E-state index is 12.8. The number of aryl methyl sites for hydroxylation is 1. The van der Waals surface area contributed by atoms with Crippen molar-refractivity contribution in [3.63, 3.8) is 0 Å². The van der Waals surface area contributed by atoms with E-state index in [0.29, 0.717) is 34.7 Å². The molecule has 0 aliphatic heterocycles. The number of nitrogens with one attached hydrogen (secondary N) is 1. The molecule has 0 saturated heterocycles. The molecule has 0 saturated carbocycles. The molecule has 7 nitrogen and oxygen atoms in total. The number of benzene rings is 3. The molecule has 3 rings (SSSR count). The summed E-state index contributed by atoms with van der Waals surface area (Å²) >= 11 is 3.52. The van der Waals surface area contributed by atoms with E-state index in [4.69, 9.17) is 14.2 Å². The molecule has 0 aliphatic rings. The van der Waals surface area contributed by atoms with Gasteiger partial charge in [0, 0.05) is 0 Å². The zero-order valence-electron chi connectivity index (χ0n) is 20.1. The second kappa shape index (κ2) is 12.6. The molecule has 0 aliphatic carbocycles. The van der Waals surface area contributed by atoms with Crippen LogP contribution in [0.5, 0.6) is 11.5 Å². The largest absolute Gasteiger partial charge is 0.490 e. The van der Waals surface area contributed by atoms with Gasteiger partial charge in [0.25, 0.3) is 5.91 Å². The number of methoxy groups -OCH3 is 1. The first kappa shape index (κ1) is 26.5. The Hall–Kier alpha value is -4.09. The summed E-state index contributed by atoms with van der Waals surface area (Å²) in [6.07, 6.45) is 1.44. The number of para-hydroxylation sites is 1. The van der Waals surface area contributed by atoms with Gasteiger partial charge in [-0.25, -0.2) is 4.79 Å². The van der Waals surface area contributed by atoms with Crippen molar-refractivity contribution in [3.05, 3.63) is 93.0 Å². The molecule has 0 unspecified atom stereocenters. The molecule has 1 N–H and O–H groups in total. The summed E-state index contributed by atoms with van der Waals surface area (Å²) in [5.41, 5.74) is 2.98. The van der Waals surface area contributed by atoms with Gasteiger partial charge in [0.1, 0.15) is 18.2 Å². The first-order chi connectivity index (χ1) is 17.4. The van der Waals surface area contributed by atoms with Gasteiger partial charge in [-0.15, -0.1) is 0 Å². The molecule has 0 spiro atoms. The highest BCUT2D eigenvalue weighted by Gasteiger charge is 2.17. The lowest BCUT2D eigenvalue weighted by molar-refractivity contribution is -0.112. The average molecular weight is 549 g/mol. The number of hydrogen-bond donors (Lipinski definition) is 1. The number of esters is 1. The Bertz CT molecular complexity index is 1340. The highest BCUT2D eigenvalue weighted by molar-refractivity contribution is 9.10. The number of ether oxygens (including phenoxy) is 3. The summed E-state index contributed by atoms with van der Waals surface area (Å²) in [6, 6.07) is 19.8. The number of halogens is 1. The Morgan fingerprint density at radius 1 is 1.08 bits per heavy atom. The van der Waals surface area contributed by atoms with E-state index < -0.39 is 11.9 Å². The summed E-state index contributed by atoms with van der Waals surface area (Å²) in [4.78, 5) is 24.8. The van der Waals surface area contributed by atoms with E-state index in [-0.39, 0.29) is 16.8 Å². The molecule has 184 valence electrons. The van der Waals surface area contributed by atoms with Crippen LogP contribution in [-0.4, -0.2) is 25.6 Å². The molecule has 0 heterocycles. The lowest BCUT2D eigenvalue weighted by atomic mass is 10.1. The van der Waals surface area contributed by atoms with Crippen LogP contribution in [0.3, 0.4) is 0 Å². The van der Waals surface area contributed by atoms with Crippen molar-refractivity contribution >= 4 is 39.6 Å². The first-order valence-corrected chi connectivity index (χ1v) is 11.9. The SMILES string of the molecule is CCOc1cc(/C=C(/C#N)C(=O)Nc2ccccc2C(=O)OC)cc(Br)c1OCc1cccc(C)c1. The number of anilines is 1. The van der Waals surface area contributed by atoms with Gasteiger partial charge in [0.05, 0.1) is 29.4 Å². The highest BCUT2D eigenvalue weighted by Crippen LogP contribution is 2.38. The van der Waals surface area contributed by atoms with Crippen LogP contribution in [0, 0.1) is 18.3 Å². The standard InChI is InChI=1S/C28H25BrN2O5/c1-4-35-25-15-20(14-23(29)26(25)36-17-19-9-7-8-18(2)12-19)13-21(16-30)27(32)31-24-11-6-5-10-22(24)28(33)34-3/h5-15H,4,17H2,1-3H3,(H,31,32)/b21-13-. The first-order valence-electron chi connectivity index (χ1n) is 11.1. The van der Waals surface area contributed by atoms with Gasteiger partial charge >= 0.3 is 5.97 Å². The summed E-state index contributed by atoms with van der Waals surface area (Å²) in [7, 11) is 1.25. The molecule has 3 aromatic carbocycles. The minimum atomic E-state index is -0.664. The lowest BCUT2D eigenvalue weighted by Gasteiger charge is -2.15. The van der Waals surface area contributed by atoms with Crippen LogP contribution in [0.1, 0.15) is 34.0 Å². The fraction of sp³-hybridized carbons (Fsp3) is 0.179. The van der Waals surface area contributed by atoms with Crippen molar-refractivity contribution in [2.75, 3.05) is 19.0 Å². The molecule has 0 bridgehead atoms. The average Bonchev–Trinajstić information content (AvgIpc) is 2.86. The van der Waals surface area contributed by atoms with Gasteiger partial charge in [0.15, 0.2) is 11.5 Å². The molecule has 1 amide bonds. The van der Waals surface area contributed by atoms with Crippen LogP contribution >= 0.6 is 15.9 Å². The molecule has 0 atom stereocenters. The Kier molecular flexibility index (Phi) is 9.25. The molecular weight excluding hydrogens is 524 g/mol. The monoisotopic (exact) mass is 548 g/mol. The van der Waals surface area contributed by atoms with Gasteiger partial charge < -0.3 is 19.5 Å². The van der Waals surface area contributed by atoms with E-state index in [9.17, 15) is 14.9 Å². The predicted molar refractivity (Wildman–Crippen MR) is 141 cm³/mol. The van der Waals surface area contributed by atoms with E-state index in [1.54, 1.807) is 30.3 Å². The summed E-state index contributed by atoms with van der Waals surface area (Å²) in [6.45, 7) is 4.62. The third-order valence-corrected chi connectivity index (χ3v) is 5.64. The van der Waals surface area contributed by atoms with Crippen molar-refractivity contribution in [1.29, 1.82) is 5.26 Å². The summed E-state index contributed by atoms with van der Waals surface area (Å²) in [5.74, 6) is -0.271. The van der Waals surface area contributed by atoms with Crippen LogP contribution < -0.4 is 14.8 Å². The minimum Gasteiger partial charge on any atom is -0.490 e. The van der Waals surface area contributed by atoms with Crippen molar-refractivity contribution < 1.29 is 23.8 Å². The highest BCUT2D eigenvalue weighted by atomic mass is 79.9. The Balaban J connectivity index is 1.87. The van der Waals surface area contributed by atoms with Crippen LogP contribution in [0.4, 0.5) is 5.69 Å². The van der Waals surface area contributed by atoms with Crippen LogP contribution in [-0.2, 0) is 16.1 Å². The van der Waals surface area contributed by atoms with E-state index in [1.165, 1.54) is 19.3 Å². The van der Waals surface area contributed by atoms with E-state index >= 15 is 0 Å². The van der Waals surface area contributed by atoms with Gasteiger partial charge in [0.2, 0.25) is 0 Å². The number of nitriles is 1. The maximum absolute atomic E-state index is 12.8. The molecule has 8 heteroatoms. The van der Waals surface area contributed by atoms with Gasteiger partial charge in [-0.3, -0.25) is 4.79 Å². The third kappa shape index (κ3) is 6.74. The number of amides is 1. The van der Waals surface area contributed by atoms with E-state index in [1.807, 2.05) is 44.2 Å². The molecule has 36 heavy (non-hydrogen) atoms. The molecule has 0 fully saturated rings. The minimum absolute atomic E-state index is 0.155. The second-order valence-corrected chi connectivity index (χ2v) is 8.56. The number of carbonyl (C=O) groups is 2. The Morgan fingerprint density at radius 2 is 1.86 bits per heavy atom. The topological polar surface area (TPSA) is 97.7 Å². The quantitative estimate of drug-likeness (QED) is 0.198. The van der Waals surface area contributed by atoms with Gasteiger partial charge in [-0.05, 0) is 71.2 Å².